The maximum absolute atomic E-state index is 11.2. The fourth-order valence-corrected chi connectivity index (χ4v) is 2.14. The molecule has 0 atom stereocenters. The average molecular weight is 293 g/mol. The molecule has 0 heterocycles. The molecule has 0 radical (unpaired) electrons. The second-order valence-electron chi connectivity index (χ2n) is 3.72. The van der Waals surface area contributed by atoms with E-state index < -0.39 is 10.1 Å². The first-order valence-electron chi connectivity index (χ1n) is 5.26. The fraction of sp³-hybridized carbons (Fsp3) is 0.167. The van der Waals surface area contributed by atoms with Crippen LogP contribution in [-0.4, -0.2) is 20.1 Å². The van der Waals surface area contributed by atoms with E-state index in [1.54, 1.807) is 19.1 Å². The van der Waals surface area contributed by atoms with E-state index in [-0.39, 0.29) is 16.2 Å². The zero-order valence-corrected chi connectivity index (χ0v) is 11.5. The molecule has 20 heavy (non-hydrogen) atoms. The summed E-state index contributed by atoms with van der Waals surface area (Å²) in [4.78, 5) is -0.354. The molecule has 0 aromatic heterocycles. The van der Waals surface area contributed by atoms with E-state index in [4.69, 9.17) is 19.8 Å². The molecule has 8 heteroatoms. The molecule has 104 valence electrons. The summed E-state index contributed by atoms with van der Waals surface area (Å²) in [5.41, 5.74) is 0.796. The van der Waals surface area contributed by atoms with Crippen LogP contribution in [0.25, 0.3) is 0 Å². The lowest BCUT2D eigenvalue weighted by Crippen LogP contribution is -2.04. The third-order valence-electron chi connectivity index (χ3n) is 2.40. The lowest BCUT2D eigenvalue weighted by Gasteiger charge is -2.11. The SMILES string of the molecule is COc1cc(NC=C(C#N)C#N)c(C)cc1S(=O)(=O)O. The Morgan fingerprint density at radius 2 is 2.00 bits per heavy atom. The molecule has 0 bridgehead atoms. The van der Waals surface area contributed by atoms with Crippen LogP contribution in [0.3, 0.4) is 0 Å². The molecule has 0 aliphatic carbocycles. The molecule has 0 saturated heterocycles. The summed E-state index contributed by atoms with van der Waals surface area (Å²) in [6, 6.07) is 5.93. The van der Waals surface area contributed by atoms with Crippen LogP contribution in [0.15, 0.2) is 28.8 Å². The van der Waals surface area contributed by atoms with Gasteiger partial charge in [-0.05, 0) is 18.6 Å². The molecule has 1 aromatic carbocycles. The molecule has 0 aliphatic rings. The van der Waals surface area contributed by atoms with E-state index in [1.807, 2.05) is 0 Å². The molecule has 0 fully saturated rings. The van der Waals surface area contributed by atoms with Crippen molar-refractivity contribution in [2.24, 2.45) is 0 Å². The van der Waals surface area contributed by atoms with Gasteiger partial charge >= 0.3 is 0 Å². The van der Waals surface area contributed by atoms with E-state index in [0.717, 1.165) is 0 Å². The second-order valence-corrected chi connectivity index (χ2v) is 5.11. The quantitative estimate of drug-likeness (QED) is 0.638. The number of hydrogen-bond donors (Lipinski definition) is 2. The number of anilines is 1. The number of nitriles is 2. The highest BCUT2D eigenvalue weighted by Crippen LogP contribution is 2.30. The molecule has 1 rings (SSSR count). The van der Waals surface area contributed by atoms with Crippen LogP contribution in [0, 0.1) is 29.6 Å². The number of benzene rings is 1. The maximum Gasteiger partial charge on any atom is 0.298 e. The van der Waals surface area contributed by atoms with Gasteiger partial charge in [-0.1, -0.05) is 0 Å². The van der Waals surface area contributed by atoms with Crippen molar-refractivity contribution in [2.45, 2.75) is 11.8 Å². The van der Waals surface area contributed by atoms with Crippen LogP contribution in [0.4, 0.5) is 5.69 Å². The van der Waals surface area contributed by atoms with Gasteiger partial charge in [-0.3, -0.25) is 4.55 Å². The number of nitrogens with zero attached hydrogens (tertiary/aromatic N) is 2. The zero-order chi connectivity index (χ0) is 15.3. The van der Waals surface area contributed by atoms with Crippen molar-refractivity contribution in [3.05, 3.63) is 29.5 Å². The van der Waals surface area contributed by atoms with Crippen molar-refractivity contribution in [2.75, 3.05) is 12.4 Å². The van der Waals surface area contributed by atoms with Gasteiger partial charge in [-0.2, -0.15) is 18.9 Å². The van der Waals surface area contributed by atoms with Crippen molar-refractivity contribution >= 4 is 15.8 Å². The Kier molecular flexibility index (Phi) is 4.70. The lowest BCUT2D eigenvalue weighted by molar-refractivity contribution is 0.397. The van der Waals surface area contributed by atoms with Crippen LogP contribution in [0.2, 0.25) is 0 Å². The first kappa shape index (κ1) is 15.5. The van der Waals surface area contributed by atoms with E-state index in [2.05, 4.69) is 5.32 Å². The second kappa shape index (κ2) is 6.06. The van der Waals surface area contributed by atoms with Crippen molar-refractivity contribution in [1.82, 2.24) is 0 Å². The molecule has 0 spiro atoms. The van der Waals surface area contributed by atoms with Crippen molar-refractivity contribution in [3.8, 4) is 17.9 Å². The van der Waals surface area contributed by atoms with E-state index in [1.165, 1.54) is 25.4 Å². The highest BCUT2D eigenvalue weighted by Gasteiger charge is 2.18. The highest BCUT2D eigenvalue weighted by molar-refractivity contribution is 7.86. The van der Waals surface area contributed by atoms with Gasteiger partial charge in [0.05, 0.1) is 7.11 Å². The van der Waals surface area contributed by atoms with E-state index >= 15 is 0 Å². The number of nitrogens with one attached hydrogen (secondary N) is 1. The lowest BCUT2D eigenvalue weighted by atomic mass is 10.2. The average Bonchev–Trinajstić information content (AvgIpc) is 2.39. The molecule has 0 saturated carbocycles. The number of aryl methyl sites for hydroxylation is 1. The standard InChI is InChI=1S/C12H11N3O4S/c1-8-3-12(20(16,17)18)11(19-2)4-10(8)15-7-9(5-13)6-14/h3-4,7,15H,1-2H3,(H,16,17,18). The van der Waals surface area contributed by atoms with Gasteiger partial charge in [0.15, 0.2) is 0 Å². The van der Waals surface area contributed by atoms with Gasteiger partial charge in [0, 0.05) is 18.0 Å². The predicted octanol–water partition coefficient (Wildman–Crippen LogP) is 1.59. The summed E-state index contributed by atoms with van der Waals surface area (Å²) in [6.07, 6.45) is 1.19. The molecular weight excluding hydrogens is 282 g/mol. The first-order chi connectivity index (χ1) is 9.33. The summed E-state index contributed by atoms with van der Waals surface area (Å²) in [6.45, 7) is 1.60. The number of rotatable bonds is 4. The van der Waals surface area contributed by atoms with Crippen molar-refractivity contribution in [1.29, 1.82) is 10.5 Å². The Labute approximate surface area is 116 Å². The van der Waals surface area contributed by atoms with Crippen molar-refractivity contribution in [3.63, 3.8) is 0 Å². The van der Waals surface area contributed by atoms with Crippen LogP contribution in [0.5, 0.6) is 5.75 Å². The summed E-state index contributed by atoms with van der Waals surface area (Å²) in [5, 5.41) is 19.9. The predicted molar refractivity (Wildman–Crippen MR) is 70.5 cm³/mol. The normalized spacial score (nSPS) is 10.1. The molecule has 1 aromatic rings. The topological polar surface area (TPSA) is 123 Å². The summed E-state index contributed by atoms with van der Waals surface area (Å²) in [7, 11) is -3.14. The van der Waals surface area contributed by atoms with Crippen LogP contribution in [-0.2, 0) is 10.1 Å². The van der Waals surface area contributed by atoms with Gasteiger partial charge in [0.2, 0.25) is 0 Å². The third kappa shape index (κ3) is 3.48. The summed E-state index contributed by atoms with van der Waals surface area (Å²) >= 11 is 0. The molecule has 7 nitrogen and oxygen atoms in total. The smallest absolute Gasteiger partial charge is 0.298 e. The third-order valence-corrected chi connectivity index (χ3v) is 3.28. The number of ether oxygens (including phenoxy) is 1. The Hall–Kier alpha value is -2.55. The van der Waals surface area contributed by atoms with E-state index in [9.17, 15) is 8.42 Å². The first-order valence-corrected chi connectivity index (χ1v) is 6.70. The minimum Gasteiger partial charge on any atom is -0.495 e. The van der Waals surface area contributed by atoms with Crippen LogP contribution in [0.1, 0.15) is 5.56 Å². The minimum atomic E-state index is -4.40. The van der Waals surface area contributed by atoms with Gasteiger partial charge in [-0.25, -0.2) is 0 Å². The molecular formula is C12H11N3O4S. The summed E-state index contributed by atoms with van der Waals surface area (Å²) < 4.78 is 36.4. The zero-order valence-electron chi connectivity index (χ0n) is 10.7. The van der Waals surface area contributed by atoms with Gasteiger partial charge in [0.1, 0.15) is 28.4 Å². The Morgan fingerprint density at radius 1 is 1.40 bits per heavy atom. The Balaban J connectivity index is 3.31. The molecule has 0 amide bonds. The van der Waals surface area contributed by atoms with E-state index in [0.29, 0.717) is 11.3 Å². The fourth-order valence-electron chi connectivity index (χ4n) is 1.42. The number of hydrogen-bond acceptors (Lipinski definition) is 6. The van der Waals surface area contributed by atoms with Gasteiger partial charge in [-0.15, -0.1) is 0 Å². The monoisotopic (exact) mass is 293 g/mol. The minimum absolute atomic E-state index is 0.0514. The van der Waals surface area contributed by atoms with Gasteiger partial charge in [0.25, 0.3) is 10.1 Å². The highest BCUT2D eigenvalue weighted by atomic mass is 32.2. The molecule has 0 unspecified atom stereocenters. The number of methoxy groups -OCH3 is 1. The molecule has 2 N–H and O–H groups in total. The van der Waals surface area contributed by atoms with Crippen LogP contribution >= 0.6 is 0 Å². The van der Waals surface area contributed by atoms with Crippen molar-refractivity contribution < 1.29 is 17.7 Å². The Morgan fingerprint density at radius 3 is 2.45 bits per heavy atom. The van der Waals surface area contributed by atoms with Crippen LogP contribution < -0.4 is 10.1 Å². The number of allylic oxidation sites excluding steroid dienone is 1. The van der Waals surface area contributed by atoms with Gasteiger partial charge < -0.3 is 10.1 Å². The maximum atomic E-state index is 11.2. The largest absolute Gasteiger partial charge is 0.495 e. The summed E-state index contributed by atoms with van der Waals surface area (Å²) in [5.74, 6) is -0.0514. The Bertz CT molecular complexity index is 723. The molecule has 0 aliphatic heterocycles.